The van der Waals surface area contributed by atoms with Gasteiger partial charge in [-0.3, -0.25) is 10.0 Å². The van der Waals surface area contributed by atoms with Gasteiger partial charge in [-0.15, -0.1) is 0 Å². The molecule has 0 aliphatic heterocycles. The lowest BCUT2D eigenvalue weighted by atomic mass is 9.85. The molecule has 2 N–H and O–H groups in total. The molecular formula is C18H16ClF4NO3. The van der Waals surface area contributed by atoms with Gasteiger partial charge in [0.25, 0.3) is 0 Å². The number of hydrogen-bond acceptors (Lipinski definition) is 3. The van der Waals surface area contributed by atoms with Crippen molar-refractivity contribution in [3.8, 4) is 0 Å². The fourth-order valence-electron chi connectivity index (χ4n) is 2.80. The standard InChI is InChI=1S/C18H16ClF4NO3/c1-27-14(8-15(25)24-26)11(6-9-2-4-10(19)5-3-9)12-7-13(20)17(22)18(23)16(12)21/h2-5,7,11,14,26H,6,8H2,1H3,(H,24,25)/t11-,14-/m1/s1. The van der Waals surface area contributed by atoms with Gasteiger partial charge < -0.3 is 4.74 Å². The van der Waals surface area contributed by atoms with E-state index in [-0.39, 0.29) is 6.42 Å². The fraction of sp³-hybridized carbons (Fsp3) is 0.278. The molecule has 146 valence electrons. The van der Waals surface area contributed by atoms with Crippen LogP contribution in [0.2, 0.25) is 5.02 Å². The molecule has 9 heteroatoms. The summed E-state index contributed by atoms with van der Waals surface area (Å²) in [5.74, 6) is -8.91. The van der Waals surface area contributed by atoms with Crippen LogP contribution in [-0.2, 0) is 16.0 Å². The first-order chi connectivity index (χ1) is 12.8. The number of hydroxylamine groups is 1. The van der Waals surface area contributed by atoms with Crippen molar-refractivity contribution < 1.29 is 32.3 Å². The molecule has 0 unspecified atom stereocenters. The van der Waals surface area contributed by atoms with Gasteiger partial charge in [-0.05, 0) is 30.2 Å². The van der Waals surface area contributed by atoms with E-state index in [2.05, 4.69) is 0 Å². The Morgan fingerprint density at radius 3 is 2.33 bits per heavy atom. The average Bonchev–Trinajstić information content (AvgIpc) is 2.67. The van der Waals surface area contributed by atoms with Gasteiger partial charge in [0.05, 0.1) is 12.5 Å². The third kappa shape index (κ3) is 4.97. The molecular weight excluding hydrogens is 390 g/mol. The van der Waals surface area contributed by atoms with E-state index in [1.165, 1.54) is 12.6 Å². The summed E-state index contributed by atoms with van der Waals surface area (Å²) in [6.45, 7) is 0. The predicted octanol–water partition coefficient (Wildman–Crippen LogP) is 4.13. The maximum absolute atomic E-state index is 14.4. The molecule has 0 fully saturated rings. The first kappa shape index (κ1) is 21.1. The van der Waals surface area contributed by atoms with Crippen molar-refractivity contribution in [3.63, 3.8) is 0 Å². The lowest BCUT2D eigenvalue weighted by molar-refractivity contribution is -0.132. The molecule has 0 saturated carbocycles. The molecule has 0 heterocycles. The Hall–Kier alpha value is -2.16. The van der Waals surface area contributed by atoms with Gasteiger partial charge in [0.2, 0.25) is 5.91 Å². The number of ether oxygens (including phenoxy) is 1. The molecule has 2 aromatic carbocycles. The number of methoxy groups -OCH3 is 1. The second-order valence-corrected chi connectivity index (χ2v) is 6.28. The van der Waals surface area contributed by atoms with Gasteiger partial charge in [-0.2, -0.15) is 0 Å². The first-order valence-corrected chi connectivity index (χ1v) is 8.19. The van der Waals surface area contributed by atoms with E-state index in [4.69, 9.17) is 21.5 Å². The third-order valence-electron chi connectivity index (χ3n) is 4.16. The van der Waals surface area contributed by atoms with Crippen LogP contribution in [0, 0.1) is 23.3 Å². The van der Waals surface area contributed by atoms with Crippen molar-refractivity contribution in [3.05, 3.63) is 69.8 Å². The zero-order chi connectivity index (χ0) is 20.1. The molecule has 1 amide bonds. The van der Waals surface area contributed by atoms with Gasteiger partial charge in [0.15, 0.2) is 23.3 Å². The predicted molar refractivity (Wildman–Crippen MR) is 89.5 cm³/mol. The number of amides is 1. The molecule has 4 nitrogen and oxygen atoms in total. The number of benzene rings is 2. The normalized spacial score (nSPS) is 13.3. The number of nitrogens with one attached hydrogen (secondary N) is 1. The van der Waals surface area contributed by atoms with Gasteiger partial charge in [0.1, 0.15) is 0 Å². The van der Waals surface area contributed by atoms with Crippen LogP contribution in [0.5, 0.6) is 0 Å². The van der Waals surface area contributed by atoms with E-state index in [0.717, 1.165) is 0 Å². The highest BCUT2D eigenvalue weighted by Crippen LogP contribution is 2.33. The highest BCUT2D eigenvalue weighted by Gasteiger charge is 2.31. The van der Waals surface area contributed by atoms with Crippen molar-refractivity contribution in [1.29, 1.82) is 0 Å². The Balaban J connectivity index is 2.51. The molecule has 27 heavy (non-hydrogen) atoms. The Labute approximate surface area is 157 Å². The van der Waals surface area contributed by atoms with Gasteiger partial charge in [-0.1, -0.05) is 23.7 Å². The van der Waals surface area contributed by atoms with E-state index in [1.807, 2.05) is 0 Å². The number of rotatable bonds is 7. The monoisotopic (exact) mass is 405 g/mol. The summed E-state index contributed by atoms with van der Waals surface area (Å²) in [5, 5.41) is 9.17. The minimum atomic E-state index is -1.95. The average molecular weight is 406 g/mol. The van der Waals surface area contributed by atoms with E-state index >= 15 is 0 Å². The van der Waals surface area contributed by atoms with Crippen LogP contribution in [0.3, 0.4) is 0 Å². The van der Waals surface area contributed by atoms with Crippen LogP contribution in [0.25, 0.3) is 0 Å². The number of carbonyl (C=O) groups is 1. The SMILES string of the molecule is CO[C@H](CC(=O)NO)[C@H](Cc1ccc(Cl)cc1)c1cc(F)c(F)c(F)c1F. The molecule has 2 aromatic rings. The summed E-state index contributed by atoms with van der Waals surface area (Å²) >= 11 is 5.82. The van der Waals surface area contributed by atoms with Crippen molar-refractivity contribution in [2.24, 2.45) is 0 Å². The fourth-order valence-corrected chi connectivity index (χ4v) is 2.92. The summed E-state index contributed by atoms with van der Waals surface area (Å²) in [5.41, 5.74) is 1.54. The van der Waals surface area contributed by atoms with Gasteiger partial charge in [0, 0.05) is 23.6 Å². The van der Waals surface area contributed by atoms with Gasteiger partial charge in [-0.25, -0.2) is 23.0 Å². The van der Waals surface area contributed by atoms with E-state index in [1.54, 1.807) is 24.3 Å². The van der Waals surface area contributed by atoms with Crippen molar-refractivity contribution >= 4 is 17.5 Å². The van der Waals surface area contributed by atoms with Crippen LogP contribution in [0.4, 0.5) is 17.6 Å². The lowest BCUT2D eigenvalue weighted by Gasteiger charge is -2.27. The van der Waals surface area contributed by atoms with E-state index < -0.39 is 53.2 Å². The summed E-state index contributed by atoms with van der Waals surface area (Å²) in [6, 6.07) is 6.90. The van der Waals surface area contributed by atoms with E-state index in [0.29, 0.717) is 16.7 Å². The van der Waals surface area contributed by atoms with Crippen LogP contribution >= 0.6 is 11.6 Å². The molecule has 0 aliphatic rings. The molecule has 0 saturated heterocycles. The summed E-state index contributed by atoms with van der Waals surface area (Å²) in [7, 11) is 1.22. The minimum Gasteiger partial charge on any atom is -0.380 e. The third-order valence-corrected chi connectivity index (χ3v) is 4.41. The maximum atomic E-state index is 14.4. The van der Waals surface area contributed by atoms with Crippen molar-refractivity contribution in [1.82, 2.24) is 5.48 Å². The number of carbonyl (C=O) groups excluding carboxylic acids is 1. The second kappa shape index (κ2) is 9.16. The van der Waals surface area contributed by atoms with Crippen molar-refractivity contribution in [2.75, 3.05) is 7.11 Å². The van der Waals surface area contributed by atoms with Crippen LogP contribution in [0.15, 0.2) is 30.3 Å². The van der Waals surface area contributed by atoms with E-state index in [9.17, 15) is 22.4 Å². The quantitative estimate of drug-likeness (QED) is 0.239. The summed E-state index contributed by atoms with van der Waals surface area (Å²) < 4.78 is 60.3. The lowest BCUT2D eigenvalue weighted by Crippen LogP contribution is -2.31. The second-order valence-electron chi connectivity index (χ2n) is 5.84. The Morgan fingerprint density at radius 1 is 1.15 bits per heavy atom. The van der Waals surface area contributed by atoms with Crippen LogP contribution in [-0.4, -0.2) is 24.3 Å². The highest BCUT2D eigenvalue weighted by atomic mass is 35.5. The van der Waals surface area contributed by atoms with Crippen molar-refractivity contribution in [2.45, 2.75) is 24.9 Å². The Bertz CT molecular complexity index is 817. The molecule has 0 aromatic heterocycles. The highest BCUT2D eigenvalue weighted by molar-refractivity contribution is 6.30. The summed E-state index contributed by atoms with van der Waals surface area (Å²) in [4.78, 5) is 11.5. The Kier molecular flexibility index (Phi) is 7.18. The van der Waals surface area contributed by atoms with Gasteiger partial charge >= 0.3 is 0 Å². The summed E-state index contributed by atoms with van der Waals surface area (Å²) in [6.07, 6.45) is -1.48. The molecule has 0 bridgehead atoms. The molecule has 2 atom stereocenters. The number of halogens is 5. The number of hydrogen-bond donors (Lipinski definition) is 2. The minimum absolute atomic E-state index is 0.00974. The first-order valence-electron chi connectivity index (χ1n) is 7.81. The Morgan fingerprint density at radius 2 is 1.78 bits per heavy atom. The largest absolute Gasteiger partial charge is 0.380 e. The molecule has 0 aliphatic carbocycles. The zero-order valence-corrected chi connectivity index (χ0v) is 14.9. The molecule has 0 radical (unpaired) electrons. The molecule has 0 spiro atoms. The van der Waals surface area contributed by atoms with Crippen LogP contribution in [0.1, 0.15) is 23.5 Å². The smallest absolute Gasteiger partial charge is 0.245 e. The molecule has 2 rings (SSSR count). The topological polar surface area (TPSA) is 58.6 Å². The maximum Gasteiger partial charge on any atom is 0.245 e. The zero-order valence-electron chi connectivity index (χ0n) is 14.1. The van der Waals surface area contributed by atoms with Crippen LogP contribution < -0.4 is 5.48 Å².